The molecular formula is C17H25NO2. The number of esters is 1. The highest BCUT2D eigenvalue weighted by molar-refractivity contribution is 5.80. The third kappa shape index (κ3) is 3.04. The molecule has 0 aliphatic carbocycles. The summed E-state index contributed by atoms with van der Waals surface area (Å²) in [6, 6.07) is 10.4. The van der Waals surface area contributed by atoms with Crippen molar-refractivity contribution >= 4 is 5.97 Å². The van der Waals surface area contributed by atoms with Gasteiger partial charge >= 0.3 is 5.97 Å². The van der Waals surface area contributed by atoms with Crippen molar-refractivity contribution in [3.05, 3.63) is 35.9 Å². The van der Waals surface area contributed by atoms with Crippen LogP contribution in [-0.2, 0) is 16.1 Å². The van der Waals surface area contributed by atoms with Crippen LogP contribution in [0, 0.1) is 5.41 Å². The van der Waals surface area contributed by atoms with E-state index < -0.39 is 0 Å². The first-order valence-corrected chi connectivity index (χ1v) is 7.67. The lowest BCUT2D eigenvalue weighted by Gasteiger charge is -2.31. The Bertz CT molecular complexity index is 424. The summed E-state index contributed by atoms with van der Waals surface area (Å²) < 4.78 is 5.37. The lowest BCUT2D eigenvalue weighted by Crippen LogP contribution is -2.45. The zero-order valence-corrected chi connectivity index (χ0v) is 12.5. The number of carbonyl (C=O) groups is 1. The molecule has 1 aromatic carbocycles. The Balaban J connectivity index is 2.06. The van der Waals surface area contributed by atoms with Crippen molar-refractivity contribution in [1.82, 2.24) is 5.32 Å². The molecule has 1 heterocycles. The molecule has 0 radical (unpaired) electrons. The Kier molecular flexibility index (Phi) is 5.18. The van der Waals surface area contributed by atoms with Crippen LogP contribution >= 0.6 is 0 Å². The molecule has 0 aromatic heterocycles. The summed E-state index contributed by atoms with van der Waals surface area (Å²) in [7, 11) is 0. The van der Waals surface area contributed by atoms with E-state index in [9.17, 15) is 4.79 Å². The molecule has 1 N–H and O–H groups in total. The van der Waals surface area contributed by atoms with Gasteiger partial charge in [0.25, 0.3) is 0 Å². The fourth-order valence-corrected chi connectivity index (χ4v) is 3.27. The average Bonchev–Trinajstić information content (AvgIpc) is 2.76. The molecule has 1 aliphatic rings. The van der Waals surface area contributed by atoms with Crippen molar-refractivity contribution in [2.45, 2.75) is 52.1 Å². The molecule has 20 heavy (non-hydrogen) atoms. The monoisotopic (exact) mass is 275 g/mol. The van der Waals surface area contributed by atoms with Crippen LogP contribution in [0.5, 0.6) is 0 Å². The highest BCUT2D eigenvalue weighted by atomic mass is 16.5. The summed E-state index contributed by atoms with van der Waals surface area (Å²) in [6.45, 7) is 5.57. The Morgan fingerprint density at radius 1 is 1.20 bits per heavy atom. The molecule has 0 bridgehead atoms. The van der Waals surface area contributed by atoms with Gasteiger partial charge < -0.3 is 10.1 Å². The standard InChI is InChI=1S/C17H25NO2/c1-3-10-17(11-4-2)15(13-20-16(17)19)18-12-14-8-6-5-7-9-14/h5-9,15,18H,3-4,10-13H2,1-2H3/t15-/m1/s1. The van der Waals surface area contributed by atoms with Gasteiger partial charge in [0, 0.05) is 6.54 Å². The van der Waals surface area contributed by atoms with E-state index in [0.29, 0.717) is 6.61 Å². The SMILES string of the molecule is CCCC1(CCC)C(=O)OC[C@H]1NCc1ccccc1. The van der Waals surface area contributed by atoms with Gasteiger partial charge in [-0.15, -0.1) is 0 Å². The van der Waals surface area contributed by atoms with Crippen LogP contribution < -0.4 is 5.32 Å². The van der Waals surface area contributed by atoms with Crippen LogP contribution in [0.3, 0.4) is 0 Å². The quantitative estimate of drug-likeness (QED) is 0.776. The molecule has 1 atom stereocenters. The van der Waals surface area contributed by atoms with E-state index >= 15 is 0 Å². The van der Waals surface area contributed by atoms with Crippen molar-refractivity contribution in [2.75, 3.05) is 6.61 Å². The van der Waals surface area contributed by atoms with E-state index in [2.05, 4.69) is 31.3 Å². The number of benzene rings is 1. The zero-order chi connectivity index (χ0) is 14.4. The molecule has 3 nitrogen and oxygen atoms in total. The van der Waals surface area contributed by atoms with E-state index in [4.69, 9.17) is 4.74 Å². The van der Waals surface area contributed by atoms with Gasteiger partial charge in [-0.2, -0.15) is 0 Å². The maximum Gasteiger partial charge on any atom is 0.313 e. The van der Waals surface area contributed by atoms with E-state index in [-0.39, 0.29) is 17.4 Å². The van der Waals surface area contributed by atoms with Gasteiger partial charge in [-0.1, -0.05) is 57.0 Å². The van der Waals surface area contributed by atoms with Crippen molar-refractivity contribution < 1.29 is 9.53 Å². The van der Waals surface area contributed by atoms with Gasteiger partial charge in [-0.3, -0.25) is 4.79 Å². The van der Waals surface area contributed by atoms with Crippen molar-refractivity contribution in [2.24, 2.45) is 5.41 Å². The fourth-order valence-electron chi connectivity index (χ4n) is 3.27. The summed E-state index contributed by atoms with van der Waals surface area (Å²) >= 11 is 0. The van der Waals surface area contributed by atoms with E-state index in [1.54, 1.807) is 0 Å². The molecule has 0 amide bonds. The highest BCUT2D eigenvalue weighted by Crippen LogP contribution is 2.39. The van der Waals surface area contributed by atoms with Gasteiger partial charge in [0.15, 0.2) is 0 Å². The number of carbonyl (C=O) groups excluding carboxylic acids is 1. The molecule has 1 saturated heterocycles. The van der Waals surface area contributed by atoms with Gasteiger partial charge in [-0.25, -0.2) is 0 Å². The molecule has 1 fully saturated rings. The first-order valence-electron chi connectivity index (χ1n) is 7.67. The summed E-state index contributed by atoms with van der Waals surface area (Å²) in [5, 5.41) is 3.54. The molecule has 110 valence electrons. The number of ether oxygens (including phenoxy) is 1. The molecule has 2 rings (SSSR count). The molecule has 1 aliphatic heterocycles. The van der Waals surface area contributed by atoms with Gasteiger partial charge in [-0.05, 0) is 18.4 Å². The molecule has 1 aromatic rings. The Morgan fingerprint density at radius 2 is 1.85 bits per heavy atom. The Labute approximate surface area is 121 Å². The lowest BCUT2D eigenvalue weighted by atomic mass is 9.74. The van der Waals surface area contributed by atoms with Gasteiger partial charge in [0.05, 0.1) is 11.5 Å². The van der Waals surface area contributed by atoms with Crippen LogP contribution in [0.25, 0.3) is 0 Å². The minimum absolute atomic E-state index is 0.00763. The second-order valence-corrected chi connectivity index (χ2v) is 5.67. The number of hydrogen-bond acceptors (Lipinski definition) is 3. The normalized spacial score (nSPS) is 20.9. The summed E-state index contributed by atoms with van der Waals surface area (Å²) in [5.41, 5.74) is 0.923. The minimum Gasteiger partial charge on any atom is -0.464 e. The summed E-state index contributed by atoms with van der Waals surface area (Å²) in [5.74, 6) is -0.00763. The smallest absolute Gasteiger partial charge is 0.313 e. The lowest BCUT2D eigenvalue weighted by molar-refractivity contribution is -0.147. The Hall–Kier alpha value is -1.35. The fraction of sp³-hybridized carbons (Fsp3) is 0.588. The number of rotatable bonds is 7. The second kappa shape index (κ2) is 6.89. The van der Waals surface area contributed by atoms with Crippen LogP contribution in [-0.4, -0.2) is 18.6 Å². The maximum atomic E-state index is 12.2. The maximum absolute atomic E-state index is 12.2. The van der Waals surface area contributed by atoms with Crippen molar-refractivity contribution in [3.63, 3.8) is 0 Å². The number of nitrogens with one attached hydrogen (secondary N) is 1. The highest BCUT2D eigenvalue weighted by Gasteiger charge is 2.50. The molecule has 3 heteroatoms. The minimum atomic E-state index is -0.321. The predicted octanol–water partition coefficient (Wildman–Crippen LogP) is 3.29. The van der Waals surface area contributed by atoms with Crippen LogP contribution in [0.1, 0.15) is 45.1 Å². The topological polar surface area (TPSA) is 38.3 Å². The second-order valence-electron chi connectivity index (χ2n) is 5.67. The summed E-state index contributed by atoms with van der Waals surface area (Å²) in [4.78, 5) is 12.2. The largest absolute Gasteiger partial charge is 0.464 e. The third-order valence-electron chi connectivity index (χ3n) is 4.24. The zero-order valence-electron chi connectivity index (χ0n) is 12.5. The Morgan fingerprint density at radius 3 is 2.45 bits per heavy atom. The van der Waals surface area contributed by atoms with Crippen molar-refractivity contribution in [1.29, 1.82) is 0 Å². The third-order valence-corrected chi connectivity index (χ3v) is 4.24. The number of hydrogen-bond donors (Lipinski definition) is 1. The molecule has 0 spiro atoms. The first kappa shape index (κ1) is 15.0. The van der Waals surface area contributed by atoms with Gasteiger partial charge in [0.2, 0.25) is 0 Å². The molecule has 0 saturated carbocycles. The van der Waals surface area contributed by atoms with E-state index in [1.165, 1.54) is 5.56 Å². The average molecular weight is 275 g/mol. The number of cyclic esters (lactones) is 1. The van der Waals surface area contributed by atoms with E-state index in [0.717, 1.165) is 32.2 Å². The van der Waals surface area contributed by atoms with E-state index in [1.807, 2.05) is 18.2 Å². The van der Waals surface area contributed by atoms with Gasteiger partial charge in [0.1, 0.15) is 6.61 Å². The predicted molar refractivity (Wildman–Crippen MR) is 80.3 cm³/mol. The first-order chi connectivity index (χ1) is 9.73. The van der Waals surface area contributed by atoms with Crippen molar-refractivity contribution in [3.8, 4) is 0 Å². The molecule has 0 unspecified atom stereocenters. The molecular weight excluding hydrogens is 250 g/mol. The van der Waals surface area contributed by atoms with Crippen LogP contribution in [0.15, 0.2) is 30.3 Å². The van der Waals surface area contributed by atoms with Crippen LogP contribution in [0.2, 0.25) is 0 Å². The summed E-state index contributed by atoms with van der Waals surface area (Å²) in [6.07, 6.45) is 3.84. The van der Waals surface area contributed by atoms with Crippen LogP contribution in [0.4, 0.5) is 0 Å².